The SMILES string of the molecule is COC(C)(C)C[C@@H]1C=C2C(C)(C)CCC[C@]2(C)[C@H]1C. The predicted molar refractivity (Wildman–Crippen MR) is 82.2 cm³/mol. The van der Waals surface area contributed by atoms with Crippen LogP contribution in [0.25, 0.3) is 0 Å². The molecule has 1 nitrogen and oxygen atoms in total. The molecule has 0 aromatic rings. The molecule has 0 saturated heterocycles. The number of hydrogen-bond acceptors (Lipinski definition) is 1. The molecule has 0 heterocycles. The van der Waals surface area contributed by atoms with Gasteiger partial charge in [-0.15, -0.1) is 0 Å². The van der Waals surface area contributed by atoms with Gasteiger partial charge in [0.2, 0.25) is 0 Å². The van der Waals surface area contributed by atoms with Crippen molar-refractivity contribution in [3.8, 4) is 0 Å². The van der Waals surface area contributed by atoms with Crippen LogP contribution in [0.5, 0.6) is 0 Å². The summed E-state index contributed by atoms with van der Waals surface area (Å²) in [4.78, 5) is 0. The van der Waals surface area contributed by atoms with Crippen molar-refractivity contribution in [3.05, 3.63) is 11.6 Å². The standard InChI is InChI=1S/C18H32O/c1-13-14(12-17(4,5)19-7)11-15-16(2,3)9-8-10-18(13,15)6/h11,13-14H,8-10,12H2,1-7H3/t13-,14-,18+/m0/s1. The van der Waals surface area contributed by atoms with Crippen molar-refractivity contribution in [1.82, 2.24) is 0 Å². The third-order valence-electron chi connectivity index (χ3n) is 6.15. The van der Waals surface area contributed by atoms with Crippen LogP contribution in [0.15, 0.2) is 11.6 Å². The van der Waals surface area contributed by atoms with Gasteiger partial charge in [0.1, 0.15) is 0 Å². The highest BCUT2D eigenvalue weighted by molar-refractivity contribution is 5.31. The number of allylic oxidation sites excluding steroid dienone is 2. The highest BCUT2D eigenvalue weighted by atomic mass is 16.5. The zero-order chi connectivity index (χ0) is 14.5. The van der Waals surface area contributed by atoms with Crippen molar-refractivity contribution in [2.24, 2.45) is 22.7 Å². The van der Waals surface area contributed by atoms with E-state index in [-0.39, 0.29) is 5.60 Å². The summed E-state index contributed by atoms with van der Waals surface area (Å²) >= 11 is 0. The molecule has 0 aromatic carbocycles. The third kappa shape index (κ3) is 2.51. The predicted octanol–water partition coefficient (Wildman–Crippen LogP) is 5.21. The molecule has 0 radical (unpaired) electrons. The van der Waals surface area contributed by atoms with Gasteiger partial charge in [-0.3, -0.25) is 0 Å². The molecular weight excluding hydrogens is 232 g/mol. The van der Waals surface area contributed by atoms with E-state index >= 15 is 0 Å². The summed E-state index contributed by atoms with van der Waals surface area (Å²) in [5.74, 6) is 1.42. The van der Waals surface area contributed by atoms with E-state index in [4.69, 9.17) is 4.74 Å². The quantitative estimate of drug-likeness (QED) is 0.636. The van der Waals surface area contributed by atoms with E-state index in [1.165, 1.54) is 19.3 Å². The minimum absolute atomic E-state index is 0.00994. The Morgan fingerprint density at radius 2 is 1.89 bits per heavy atom. The fourth-order valence-electron chi connectivity index (χ4n) is 4.55. The van der Waals surface area contributed by atoms with Crippen LogP contribution >= 0.6 is 0 Å². The molecule has 0 amide bonds. The number of rotatable bonds is 3. The topological polar surface area (TPSA) is 9.23 Å². The molecule has 19 heavy (non-hydrogen) atoms. The van der Waals surface area contributed by atoms with E-state index in [1.54, 1.807) is 5.57 Å². The molecular formula is C18H32O. The Bertz CT molecular complexity index is 377. The van der Waals surface area contributed by atoms with Crippen LogP contribution in [-0.2, 0) is 4.74 Å². The fraction of sp³-hybridized carbons (Fsp3) is 0.889. The number of hydrogen-bond donors (Lipinski definition) is 0. The van der Waals surface area contributed by atoms with Crippen LogP contribution in [0.2, 0.25) is 0 Å². The van der Waals surface area contributed by atoms with Gasteiger partial charge in [0.25, 0.3) is 0 Å². The molecule has 0 unspecified atom stereocenters. The summed E-state index contributed by atoms with van der Waals surface area (Å²) in [5, 5.41) is 0. The normalized spacial score (nSPS) is 37.9. The number of methoxy groups -OCH3 is 1. The van der Waals surface area contributed by atoms with E-state index < -0.39 is 0 Å². The molecule has 1 heteroatoms. The lowest BCUT2D eigenvalue weighted by Gasteiger charge is -2.46. The Hall–Kier alpha value is -0.300. The maximum Gasteiger partial charge on any atom is 0.0628 e. The Morgan fingerprint density at radius 3 is 2.42 bits per heavy atom. The minimum Gasteiger partial charge on any atom is -0.379 e. The maximum absolute atomic E-state index is 5.66. The molecule has 2 aliphatic carbocycles. The molecule has 2 rings (SSSR count). The first-order valence-electron chi connectivity index (χ1n) is 7.90. The third-order valence-corrected chi connectivity index (χ3v) is 6.15. The first-order valence-corrected chi connectivity index (χ1v) is 7.90. The van der Waals surface area contributed by atoms with Crippen molar-refractivity contribution in [3.63, 3.8) is 0 Å². The summed E-state index contributed by atoms with van der Waals surface area (Å²) in [7, 11) is 1.84. The van der Waals surface area contributed by atoms with Crippen molar-refractivity contribution >= 4 is 0 Å². The second-order valence-corrected chi connectivity index (χ2v) is 8.36. The zero-order valence-electron chi connectivity index (χ0n) is 14.0. The highest BCUT2D eigenvalue weighted by Crippen LogP contribution is 2.61. The fourth-order valence-corrected chi connectivity index (χ4v) is 4.55. The molecule has 1 saturated carbocycles. The minimum atomic E-state index is -0.00994. The maximum atomic E-state index is 5.66. The van der Waals surface area contributed by atoms with E-state index in [9.17, 15) is 0 Å². The van der Waals surface area contributed by atoms with Gasteiger partial charge in [-0.25, -0.2) is 0 Å². The van der Waals surface area contributed by atoms with Gasteiger partial charge < -0.3 is 4.74 Å². The van der Waals surface area contributed by atoms with E-state index in [2.05, 4.69) is 47.6 Å². The lowest BCUT2D eigenvalue weighted by atomic mass is 9.58. The van der Waals surface area contributed by atoms with Crippen molar-refractivity contribution in [2.75, 3.05) is 7.11 Å². The van der Waals surface area contributed by atoms with Gasteiger partial charge in [0.05, 0.1) is 5.60 Å². The van der Waals surface area contributed by atoms with Crippen LogP contribution in [-0.4, -0.2) is 12.7 Å². The number of ether oxygens (including phenoxy) is 1. The average molecular weight is 264 g/mol. The van der Waals surface area contributed by atoms with Crippen LogP contribution in [0.1, 0.15) is 67.2 Å². The van der Waals surface area contributed by atoms with Crippen LogP contribution in [0.3, 0.4) is 0 Å². The van der Waals surface area contributed by atoms with Crippen LogP contribution < -0.4 is 0 Å². The highest BCUT2D eigenvalue weighted by Gasteiger charge is 2.51. The Labute approximate surface area is 119 Å². The summed E-state index contributed by atoms with van der Waals surface area (Å²) in [5.41, 5.74) is 2.55. The van der Waals surface area contributed by atoms with Gasteiger partial charge in [-0.2, -0.15) is 0 Å². The van der Waals surface area contributed by atoms with Gasteiger partial charge in [-0.1, -0.05) is 45.8 Å². The van der Waals surface area contributed by atoms with Crippen LogP contribution in [0.4, 0.5) is 0 Å². The lowest BCUT2D eigenvalue weighted by molar-refractivity contribution is -0.00349. The second kappa shape index (κ2) is 4.62. The zero-order valence-corrected chi connectivity index (χ0v) is 14.0. The number of fused-ring (bicyclic) bond motifs is 1. The van der Waals surface area contributed by atoms with Gasteiger partial charge in [0.15, 0.2) is 0 Å². The molecule has 1 fully saturated rings. The summed E-state index contributed by atoms with van der Waals surface area (Å²) < 4.78 is 5.66. The van der Waals surface area contributed by atoms with E-state index in [0.29, 0.717) is 16.7 Å². The average Bonchev–Trinajstić information content (AvgIpc) is 2.54. The van der Waals surface area contributed by atoms with Gasteiger partial charge in [0, 0.05) is 7.11 Å². The largest absolute Gasteiger partial charge is 0.379 e. The monoisotopic (exact) mass is 264 g/mol. The smallest absolute Gasteiger partial charge is 0.0628 e. The lowest BCUT2D eigenvalue weighted by Crippen LogP contribution is -2.37. The Morgan fingerprint density at radius 1 is 1.26 bits per heavy atom. The molecule has 0 N–H and O–H groups in total. The molecule has 0 aliphatic heterocycles. The van der Waals surface area contributed by atoms with Crippen molar-refractivity contribution < 1.29 is 4.74 Å². The van der Waals surface area contributed by atoms with Crippen molar-refractivity contribution in [2.45, 2.75) is 72.8 Å². The van der Waals surface area contributed by atoms with E-state index in [1.807, 2.05) is 7.11 Å². The second-order valence-electron chi connectivity index (χ2n) is 8.36. The summed E-state index contributed by atoms with van der Waals surface area (Å²) in [6, 6.07) is 0. The molecule has 0 aromatic heterocycles. The summed E-state index contributed by atoms with van der Waals surface area (Å²) in [6.07, 6.45) is 7.85. The van der Waals surface area contributed by atoms with Crippen molar-refractivity contribution in [1.29, 1.82) is 0 Å². The summed E-state index contributed by atoms with van der Waals surface area (Å²) in [6.45, 7) is 14.3. The Kier molecular flexibility index (Phi) is 3.67. The molecule has 2 aliphatic rings. The Balaban J connectivity index is 2.28. The molecule has 110 valence electrons. The van der Waals surface area contributed by atoms with Gasteiger partial charge in [-0.05, 0) is 55.8 Å². The molecule has 0 bridgehead atoms. The first-order chi connectivity index (χ1) is 8.62. The molecule has 0 spiro atoms. The molecule has 3 atom stereocenters. The van der Waals surface area contributed by atoms with E-state index in [0.717, 1.165) is 12.3 Å². The first kappa shape index (κ1) is 15.1. The van der Waals surface area contributed by atoms with Gasteiger partial charge >= 0.3 is 0 Å². The van der Waals surface area contributed by atoms with Crippen LogP contribution in [0, 0.1) is 22.7 Å².